The summed E-state index contributed by atoms with van der Waals surface area (Å²) in [7, 11) is 2.17. The number of nitrogens with zero attached hydrogens (tertiary/aromatic N) is 2. The lowest BCUT2D eigenvalue weighted by atomic mass is 10.1. The first-order valence-corrected chi connectivity index (χ1v) is 10.7. The Hall–Kier alpha value is -0.510. The number of halogens is 1. The zero-order valence-corrected chi connectivity index (χ0v) is 19.9. The standard InChI is InChI=1S/C20H34N4OS.HI/c1-4-21-19(23-15-20(25)11-13-26-16-20)22-12-10-17(2)24(3)14-18-8-6-5-7-9-18;/h5-9,17,25H,4,10-16H2,1-3H3,(H2,21,22,23);1H. The van der Waals surface area contributed by atoms with Crippen molar-refractivity contribution in [3.8, 4) is 0 Å². The lowest BCUT2D eigenvalue weighted by molar-refractivity contribution is 0.0778. The zero-order chi connectivity index (χ0) is 18.8. The summed E-state index contributed by atoms with van der Waals surface area (Å²) < 4.78 is 0. The van der Waals surface area contributed by atoms with Crippen molar-refractivity contribution in [1.82, 2.24) is 15.5 Å². The van der Waals surface area contributed by atoms with Crippen LogP contribution in [0, 0.1) is 0 Å². The smallest absolute Gasteiger partial charge is 0.191 e. The number of hydrogen-bond acceptors (Lipinski definition) is 4. The maximum atomic E-state index is 10.4. The average Bonchev–Trinajstić information content (AvgIpc) is 3.07. The molecule has 2 rings (SSSR count). The van der Waals surface area contributed by atoms with Crippen molar-refractivity contribution in [2.24, 2.45) is 4.99 Å². The Bertz CT molecular complexity index is 552. The van der Waals surface area contributed by atoms with E-state index < -0.39 is 5.60 Å². The number of nitrogens with one attached hydrogen (secondary N) is 2. The number of benzene rings is 1. The van der Waals surface area contributed by atoms with Crippen molar-refractivity contribution in [2.75, 3.05) is 38.2 Å². The van der Waals surface area contributed by atoms with Gasteiger partial charge in [0.05, 0.1) is 12.1 Å². The van der Waals surface area contributed by atoms with E-state index in [1.807, 2.05) is 0 Å². The molecule has 1 heterocycles. The van der Waals surface area contributed by atoms with Crippen LogP contribution < -0.4 is 10.6 Å². The van der Waals surface area contributed by atoms with Crippen molar-refractivity contribution in [2.45, 2.75) is 44.9 Å². The predicted molar refractivity (Wildman–Crippen MR) is 128 cm³/mol. The first-order valence-electron chi connectivity index (χ1n) is 9.59. The summed E-state index contributed by atoms with van der Waals surface area (Å²) in [5, 5.41) is 17.1. The van der Waals surface area contributed by atoms with Crippen molar-refractivity contribution >= 4 is 41.7 Å². The van der Waals surface area contributed by atoms with Crippen LogP contribution in [0.25, 0.3) is 0 Å². The molecule has 2 atom stereocenters. The molecule has 3 N–H and O–H groups in total. The van der Waals surface area contributed by atoms with E-state index in [2.05, 4.69) is 71.8 Å². The fourth-order valence-corrected chi connectivity index (χ4v) is 4.22. The molecule has 0 amide bonds. The summed E-state index contributed by atoms with van der Waals surface area (Å²) in [6.07, 6.45) is 1.87. The fourth-order valence-electron chi connectivity index (χ4n) is 2.94. The Morgan fingerprint density at radius 1 is 1.33 bits per heavy atom. The molecule has 1 aliphatic rings. The zero-order valence-electron chi connectivity index (χ0n) is 16.8. The van der Waals surface area contributed by atoms with Crippen LogP contribution in [0.3, 0.4) is 0 Å². The third-order valence-corrected chi connectivity index (χ3v) is 6.07. The van der Waals surface area contributed by atoms with Crippen LogP contribution in [0.4, 0.5) is 0 Å². The van der Waals surface area contributed by atoms with Crippen LogP contribution in [0.15, 0.2) is 35.3 Å². The molecule has 154 valence electrons. The summed E-state index contributed by atoms with van der Waals surface area (Å²) in [5.74, 6) is 2.62. The van der Waals surface area contributed by atoms with E-state index in [9.17, 15) is 5.11 Å². The third-order valence-electron chi connectivity index (χ3n) is 4.84. The second-order valence-corrected chi connectivity index (χ2v) is 8.29. The number of hydrogen-bond donors (Lipinski definition) is 3. The topological polar surface area (TPSA) is 59.9 Å². The van der Waals surface area contributed by atoms with Gasteiger partial charge < -0.3 is 15.7 Å². The van der Waals surface area contributed by atoms with Crippen LogP contribution in [-0.4, -0.2) is 65.8 Å². The predicted octanol–water partition coefficient (Wildman–Crippen LogP) is 2.94. The molecule has 1 aliphatic heterocycles. The Morgan fingerprint density at radius 2 is 2.07 bits per heavy atom. The molecule has 1 fully saturated rings. The van der Waals surface area contributed by atoms with Gasteiger partial charge in [0.15, 0.2) is 5.96 Å². The van der Waals surface area contributed by atoms with Gasteiger partial charge in [-0.3, -0.25) is 9.89 Å². The van der Waals surface area contributed by atoms with Crippen LogP contribution in [0.2, 0.25) is 0 Å². The molecular weight excluding hydrogens is 471 g/mol. The number of guanidine groups is 1. The number of thioether (sulfide) groups is 1. The number of aliphatic hydroxyl groups is 1. The van der Waals surface area contributed by atoms with E-state index in [1.165, 1.54) is 5.56 Å². The lowest BCUT2D eigenvalue weighted by Gasteiger charge is -2.25. The van der Waals surface area contributed by atoms with Crippen LogP contribution in [0.5, 0.6) is 0 Å². The second kappa shape index (κ2) is 12.9. The molecule has 0 bridgehead atoms. The van der Waals surface area contributed by atoms with Gasteiger partial charge in [-0.15, -0.1) is 24.0 Å². The van der Waals surface area contributed by atoms with E-state index in [-0.39, 0.29) is 24.0 Å². The highest BCUT2D eigenvalue weighted by molar-refractivity contribution is 14.0. The molecule has 5 nitrogen and oxygen atoms in total. The SMILES string of the molecule is CCNC(=NCC1(O)CCSC1)NCCC(C)N(C)Cc1ccccc1.I. The summed E-state index contributed by atoms with van der Waals surface area (Å²) in [6.45, 7) is 7.43. The molecule has 0 saturated carbocycles. The van der Waals surface area contributed by atoms with E-state index in [0.29, 0.717) is 12.6 Å². The molecule has 0 aromatic heterocycles. The molecule has 7 heteroatoms. The third kappa shape index (κ3) is 9.02. The Morgan fingerprint density at radius 3 is 2.70 bits per heavy atom. The summed E-state index contributed by atoms with van der Waals surface area (Å²) in [4.78, 5) is 6.97. The van der Waals surface area contributed by atoms with E-state index in [4.69, 9.17) is 0 Å². The van der Waals surface area contributed by atoms with Crippen molar-refractivity contribution in [1.29, 1.82) is 0 Å². The molecule has 1 saturated heterocycles. The minimum absolute atomic E-state index is 0. The second-order valence-electron chi connectivity index (χ2n) is 7.19. The lowest BCUT2D eigenvalue weighted by Crippen LogP contribution is -2.41. The quantitative estimate of drug-likeness (QED) is 0.273. The average molecular weight is 506 g/mol. The van der Waals surface area contributed by atoms with Gasteiger partial charge in [-0.05, 0) is 45.1 Å². The molecule has 1 aromatic rings. The maximum absolute atomic E-state index is 10.4. The Labute approximate surface area is 185 Å². The molecule has 0 radical (unpaired) electrons. The minimum atomic E-state index is -0.629. The van der Waals surface area contributed by atoms with Crippen LogP contribution >= 0.6 is 35.7 Å². The van der Waals surface area contributed by atoms with Gasteiger partial charge in [-0.25, -0.2) is 0 Å². The molecule has 2 unspecified atom stereocenters. The molecule has 0 aliphatic carbocycles. The highest BCUT2D eigenvalue weighted by Crippen LogP contribution is 2.27. The monoisotopic (exact) mass is 506 g/mol. The molecular formula is C20H35IN4OS. The highest BCUT2D eigenvalue weighted by atomic mass is 127. The summed E-state index contributed by atoms with van der Waals surface area (Å²) in [5.41, 5.74) is 0.711. The van der Waals surface area contributed by atoms with Crippen LogP contribution in [0.1, 0.15) is 32.3 Å². The van der Waals surface area contributed by atoms with Gasteiger partial charge >= 0.3 is 0 Å². The first kappa shape index (κ1) is 24.5. The van der Waals surface area contributed by atoms with E-state index in [1.54, 1.807) is 11.8 Å². The van der Waals surface area contributed by atoms with Gasteiger partial charge in [0.25, 0.3) is 0 Å². The number of rotatable bonds is 9. The largest absolute Gasteiger partial charge is 0.387 e. The van der Waals surface area contributed by atoms with Crippen molar-refractivity contribution in [3.05, 3.63) is 35.9 Å². The molecule has 0 spiro atoms. The van der Waals surface area contributed by atoms with Gasteiger partial charge in [0.2, 0.25) is 0 Å². The fraction of sp³-hybridized carbons (Fsp3) is 0.650. The summed E-state index contributed by atoms with van der Waals surface area (Å²) in [6, 6.07) is 11.0. The Balaban J connectivity index is 0.00000364. The molecule has 1 aromatic carbocycles. The van der Waals surface area contributed by atoms with Crippen molar-refractivity contribution in [3.63, 3.8) is 0 Å². The Kier molecular flexibility index (Phi) is 11.7. The van der Waals surface area contributed by atoms with Gasteiger partial charge in [0.1, 0.15) is 0 Å². The first-order chi connectivity index (χ1) is 12.5. The van der Waals surface area contributed by atoms with E-state index >= 15 is 0 Å². The number of aliphatic imine (C=N–C) groups is 1. The highest BCUT2D eigenvalue weighted by Gasteiger charge is 2.31. The summed E-state index contributed by atoms with van der Waals surface area (Å²) >= 11 is 1.81. The molecule has 27 heavy (non-hydrogen) atoms. The minimum Gasteiger partial charge on any atom is -0.387 e. The van der Waals surface area contributed by atoms with Crippen molar-refractivity contribution < 1.29 is 5.11 Å². The van der Waals surface area contributed by atoms with Gasteiger partial charge in [-0.1, -0.05) is 30.3 Å². The van der Waals surface area contributed by atoms with Gasteiger partial charge in [0, 0.05) is 31.4 Å². The van der Waals surface area contributed by atoms with E-state index in [0.717, 1.165) is 49.9 Å². The normalized spacial score (nSPS) is 21.0. The van der Waals surface area contributed by atoms with Gasteiger partial charge in [-0.2, -0.15) is 11.8 Å². The van der Waals surface area contributed by atoms with Crippen LogP contribution in [-0.2, 0) is 6.54 Å². The maximum Gasteiger partial charge on any atom is 0.191 e.